The Morgan fingerprint density at radius 3 is 2.89 bits per heavy atom. The molecule has 7 heteroatoms. The number of nitrogens with zero attached hydrogens (tertiary/aromatic N) is 1. The van der Waals surface area contributed by atoms with Gasteiger partial charge in [0.05, 0.1) is 5.69 Å². The lowest BCUT2D eigenvalue weighted by atomic mass is 10.1. The van der Waals surface area contributed by atoms with Gasteiger partial charge in [-0.2, -0.15) is 0 Å². The highest BCUT2D eigenvalue weighted by Crippen LogP contribution is 2.29. The number of fused-ring (bicyclic) bond motifs is 1. The van der Waals surface area contributed by atoms with Gasteiger partial charge in [-0.05, 0) is 54.8 Å². The molecule has 0 bridgehead atoms. The molecule has 2 aliphatic heterocycles. The smallest absolute Gasteiger partial charge is 0.262 e. The van der Waals surface area contributed by atoms with E-state index >= 15 is 0 Å². The van der Waals surface area contributed by atoms with Crippen molar-refractivity contribution >= 4 is 39.1 Å². The van der Waals surface area contributed by atoms with Gasteiger partial charge in [0.1, 0.15) is 5.75 Å². The van der Waals surface area contributed by atoms with E-state index in [2.05, 4.69) is 43.6 Å². The van der Waals surface area contributed by atoms with Gasteiger partial charge in [-0.3, -0.25) is 9.59 Å². The van der Waals surface area contributed by atoms with E-state index in [1.807, 2.05) is 12.1 Å². The third kappa shape index (κ3) is 4.08. The van der Waals surface area contributed by atoms with Crippen LogP contribution in [0.1, 0.15) is 16.8 Å². The monoisotopic (exact) mass is 429 g/mol. The van der Waals surface area contributed by atoms with Crippen molar-refractivity contribution in [1.29, 1.82) is 0 Å². The molecule has 2 aromatic carbocycles. The molecule has 2 aliphatic rings. The van der Waals surface area contributed by atoms with E-state index in [0.29, 0.717) is 29.5 Å². The molecular formula is C20H20BrN3O3. The first-order valence-corrected chi connectivity index (χ1v) is 9.73. The van der Waals surface area contributed by atoms with E-state index in [4.69, 9.17) is 4.74 Å². The van der Waals surface area contributed by atoms with E-state index in [0.717, 1.165) is 24.0 Å². The van der Waals surface area contributed by atoms with Crippen molar-refractivity contribution in [3.05, 3.63) is 52.5 Å². The predicted molar refractivity (Wildman–Crippen MR) is 107 cm³/mol. The van der Waals surface area contributed by atoms with Crippen LogP contribution in [0, 0.1) is 5.92 Å². The summed E-state index contributed by atoms with van der Waals surface area (Å²) in [6.07, 6.45) is 1.05. The Morgan fingerprint density at radius 2 is 2.07 bits per heavy atom. The highest BCUT2D eigenvalue weighted by molar-refractivity contribution is 9.10. The number of rotatable bonds is 4. The quantitative estimate of drug-likeness (QED) is 0.783. The van der Waals surface area contributed by atoms with E-state index in [1.165, 1.54) is 5.69 Å². The zero-order chi connectivity index (χ0) is 18.8. The largest absolute Gasteiger partial charge is 0.482 e. The number of carbonyl (C=O) groups is 2. The van der Waals surface area contributed by atoms with Crippen LogP contribution < -0.4 is 20.3 Å². The minimum Gasteiger partial charge on any atom is -0.482 e. The number of benzene rings is 2. The molecular weight excluding hydrogens is 410 g/mol. The summed E-state index contributed by atoms with van der Waals surface area (Å²) in [5, 5.41) is 5.74. The van der Waals surface area contributed by atoms with Crippen LogP contribution in [0.3, 0.4) is 0 Å². The number of carbonyl (C=O) groups excluding carboxylic acids is 2. The van der Waals surface area contributed by atoms with Crippen LogP contribution in [0.15, 0.2) is 46.9 Å². The fraction of sp³-hybridized carbons (Fsp3) is 0.300. The molecule has 2 aromatic rings. The van der Waals surface area contributed by atoms with Crippen molar-refractivity contribution in [1.82, 2.24) is 5.32 Å². The van der Waals surface area contributed by atoms with Gasteiger partial charge < -0.3 is 20.3 Å². The van der Waals surface area contributed by atoms with Gasteiger partial charge in [0.2, 0.25) is 0 Å². The fourth-order valence-electron chi connectivity index (χ4n) is 3.44. The topological polar surface area (TPSA) is 70.7 Å². The van der Waals surface area contributed by atoms with Gasteiger partial charge in [-0.25, -0.2) is 0 Å². The lowest BCUT2D eigenvalue weighted by Crippen LogP contribution is -2.31. The summed E-state index contributed by atoms with van der Waals surface area (Å²) in [4.78, 5) is 26.1. The number of nitrogens with one attached hydrogen (secondary N) is 2. The molecule has 1 saturated heterocycles. The average molecular weight is 430 g/mol. The molecule has 4 rings (SSSR count). The highest BCUT2D eigenvalue weighted by Gasteiger charge is 2.24. The second-order valence-corrected chi connectivity index (χ2v) is 7.75. The van der Waals surface area contributed by atoms with Crippen LogP contribution in [0.2, 0.25) is 0 Å². The Morgan fingerprint density at radius 1 is 1.26 bits per heavy atom. The normalized spacial score (nSPS) is 18.5. The van der Waals surface area contributed by atoms with Gasteiger partial charge in [-0.15, -0.1) is 0 Å². The maximum atomic E-state index is 12.5. The van der Waals surface area contributed by atoms with E-state index in [-0.39, 0.29) is 18.4 Å². The van der Waals surface area contributed by atoms with Crippen molar-refractivity contribution in [2.45, 2.75) is 6.42 Å². The van der Waals surface area contributed by atoms with Crippen LogP contribution in [0.25, 0.3) is 0 Å². The van der Waals surface area contributed by atoms with E-state index in [9.17, 15) is 9.59 Å². The lowest BCUT2D eigenvalue weighted by Gasteiger charge is -2.19. The standard InChI is InChI=1S/C20H20BrN3O3/c21-15-2-4-16(5-3-15)24-8-7-13(11-24)10-22-20(26)14-1-6-17-18(9-14)27-12-19(25)23-17/h1-6,9,13H,7-8,10-12H2,(H,22,26)(H,23,25)/t13-/m0/s1. The average Bonchev–Trinajstić information content (AvgIpc) is 3.15. The van der Waals surface area contributed by atoms with Gasteiger partial charge in [0.25, 0.3) is 11.8 Å². The van der Waals surface area contributed by atoms with Crippen molar-refractivity contribution in [2.75, 3.05) is 36.5 Å². The number of hydrogen-bond donors (Lipinski definition) is 2. The van der Waals surface area contributed by atoms with Crippen molar-refractivity contribution in [3.8, 4) is 5.75 Å². The summed E-state index contributed by atoms with van der Waals surface area (Å²) in [5.41, 5.74) is 2.34. The number of ether oxygens (including phenoxy) is 1. The van der Waals surface area contributed by atoms with Gasteiger partial charge in [0, 0.05) is 35.4 Å². The Hall–Kier alpha value is -2.54. The molecule has 0 radical (unpaired) electrons. The summed E-state index contributed by atoms with van der Waals surface area (Å²) in [7, 11) is 0. The first kappa shape index (κ1) is 17.9. The van der Waals surface area contributed by atoms with Crippen LogP contribution in [0.5, 0.6) is 5.75 Å². The van der Waals surface area contributed by atoms with E-state index < -0.39 is 0 Å². The maximum Gasteiger partial charge on any atom is 0.262 e. The first-order valence-electron chi connectivity index (χ1n) is 8.94. The number of amides is 2. The molecule has 2 amide bonds. The Bertz CT molecular complexity index is 869. The molecule has 0 aromatic heterocycles. The molecule has 0 aliphatic carbocycles. The van der Waals surface area contributed by atoms with Crippen molar-refractivity contribution < 1.29 is 14.3 Å². The first-order chi connectivity index (χ1) is 13.1. The van der Waals surface area contributed by atoms with Gasteiger partial charge in [-0.1, -0.05) is 15.9 Å². The van der Waals surface area contributed by atoms with Crippen molar-refractivity contribution in [3.63, 3.8) is 0 Å². The maximum absolute atomic E-state index is 12.5. The number of anilines is 2. The van der Waals surface area contributed by atoms with E-state index in [1.54, 1.807) is 18.2 Å². The molecule has 6 nitrogen and oxygen atoms in total. The fourth-order valence-corrected chi connectivity index (χ4v) is 3.70. The Kier molecular flexibility index (Phi) is 5.03. The predicted octanol–water partition coefficient (Wildman–Crippen LogP) is 3.04. The second-order valence-electron chi connectivity index (χ2n) is 6.83. The summed E-state index contributed by atoms with van der Waals surface area (Å²) in [5.74, 6) is 0.645. The molecule has 0 spiro atoms. The van der Waals surface area contributed by atoms with Crippen LogP contribution in [-0.2, 0) is 4.79 Å². The van der Waals surface area contributed by atoms with Crippen LogP contribution in [0.4, 0.5) is 11.4 Å². The summed E-state index contributed by atoms with van der Waals surface area (Å²) < 4.78 is 6.45. The molecule has 140 valence electrons. The molecule has 2 heterocycles. The number of hydrogen-bond acceptors (Lipinski definition) is 4. The molecule has 2 N–H and O–H groups in total. The highest BCUT2D eigenvalue weighted by atomic mass is 79.9. The summed E-state index contributed by atoms with van der Waals surface area (Å²) >= 11 is 3.46. The lowest BCUT2D eigenvalue weighted by molar-refractivity contribution is -0.118. The SMILES string of the molecule is O=C1COc2cc(C(=O)NC[C@@H]3CCN(c4ccc(Br)cc4)C3)ccc2N1. The second kappa shape index (κ2) is 7.60. The molecule has 0 unspecified atom stereocenters. The number of halogens is 1. The van der Waals surface area contributed by atoms with Crippen molar-refractivity contribution in [2.24, 2.45) is 5.92 Å². The Labute approximate surface area is 166 Å². The van der Waals surface area contributed by atoms with Crippen LogP contribution >= 0.6 is 15.9 Å². The molecule has 1 fully saturated rings. The zero-order valence-corrected chi connectivity index (χ0v) is 16.3. The summed E-state index contributed by atoms with van der Waals surface area (Å²) in [6.45, 7) is 2.54. The molecule has 0 saturated carbocycles. The third-order valence-corrected chi connectivity index (χ3v) is 5.43. The third-order valence-electron chi connectivity index (χ3n) is 4.91. The molecule has 1 atom stereocenters. The van der Waals surface area contributed by atoms with Crippen LogP contribution in [-0.4, -0.2) is 38.1 Å². The zero-order valence-electron chi connectivity index (χ0n) is 14.7. The van der Waals surface area contributed by atoms with Gasteiger partial charge in [0.15, 0.2) is 6.61 Å². The Balaban J connectivity index is 1.32. The summed E-state index contributed by atoms with van der Waals surface area (Å²) in [6, 6.07) is 13.4. The minimum absolute atomic E-state index is 0.0218. The molecule has 27 heavy (non-hydrogen) atoms. The minimum atomic E-state index is -0.184. The van der Waals surface area contributed by atoms with Gasteiger partial charge >= 0.3 is 0 Å².